The van der Waals surface area contributed by atoms with Crippen LogP contribution in [-0.4, -0.2) is 82.5 Å². The molecule has 12 nitrogen and oxygen atoms in total. The largest absolute Gasteiger partial charge is 0.444 e. The van der Waals surface area contributed by atoms with Gasteiger partial charge in [-0.05, 0) is 40.0 Å². The Labute approximate surface area is 181 Å². The number of alkyl carbamates (subject to hydrolysis) is 1. The van der Waals surface area contributed by atoms with E-state index >= 15 is 0 Å². The molecule has 12 heteroatoms. The number of piperidine rings is 1. The standard InChI is InChI=1S/C19H33N5O7/c1-5-6-9-30-24-12-7-8-14(23(10-12)18(24)29)16(27)22-21-15(26)13(11-25)20-17(28)31-19(2,3)4/h12-14,25H,5-11H2,1-4H3,(H,20,28)(H,21,26)(H,22,27)/t12-,13?,14-/m0/s1. The first-order valence-electron chi connectivity index (χ1n) is 10.5. The average Bonchev–Trinajstić information content (AvgIpc) is 2.93. The van der Waals surface area contributed by atoms with E-state index in [4.69, 9.17) is 9.57 Å². The number of hydrogen-bond donors (Lipinski definition) is 4. The molecule has 31 heavy (non-hydrogen) atoms. The molecular formula is C19H33N5O7. The van der Waals surface area contributed by atoms with Crippen LogP contribution in [0.25, 0.3) is 0 Å². The molecule has 0 aromatic rings. The summed E-state index contributed by atoms with van der Waals surface area (Å²) in [6, 6.07) is -2.54. The molecule has 0 aromatic heterocycles. The molecule has 2 saturated heterocycles. The zero-order chi connectivity index (χ0) is 23.2. The molecule has 2 rings (SSSR count). The maximum absolute atomic E-state index is 12.6. The number of nitrogens with one attached hydrogen (secondary N) is 3. The van der Waals surface area contributed by atoms with Crippen LogP contribution in [0, 0.1) is 0 Å². The number of unbranched alkanes of at least 4 members (excludes halogenated alkanes) is 1. The predicted octanol–water partition coefficient (Wildman–Crippen LogP) is 0.0197. The topological polar surface area (TPSA) is 150 Å². The molecule has 2 aliphatic heterocycles. The Bertz CT molecular complexity index is 681. The van der Waals surface area contributed by atoms with Gasteiger partial charge in [0.05, 0.1) is 19.3 Å². The minimum absolute atomic E-state index is 0.0974. The van der Waals surface area contributed by atoms with Gasteiger partial charge in [0, 0.05) is 6.54 Å². The van der Waals surface area contributed by atoms with Crippen molar-refractivity contribution < 1.29 is 33.9 Å². The monoisotopic (exact) mass is 443 g/mol. The van der Waals surface area contributed by atoms with Crippen LogP contribution < -0.4 is 16.2 Å². The zero-order valence-corrected chi connectivity index (χ0v) is 18.5. The summed E-state index contributed by atoms with van der Waals surface area (Å²) in [6.07, 6.45) is 1.91. The number of carbonyl (C=O) groups is 4. The number of nitrogens with zero attached hydrogens (tertiary/aromatic N) is 2. The summed E-state index contributed by atoms with van der Waals surface area (Å²) in [5, 5.41) is 12.9. The summed E-state index contributed by atoms with van der Waals surface area (Å²) in [5.74, 6) is -1.39. The van der Waals surface area contributed by atoms with Gasteiger partial charge in [-0.1, -0.05) is 13.3 Å². The number of ether oxygens (including phenoxy) is 1. The van der Waals surface area contributed by atoms with E-state index in [-0.39, 0.29) is 12.1 Å². The number of hydrazine groups is 1. The lowest BCUT2D eigenvalue weighted by molar-refractivity contribution is -0.133. The van der Waals surface area contributed by atoms with Crippen LogP contribution in [0.2, 0.25) is 0 Å². The quantitative estimate of drug-likeness (QED) is 0.305. The molecule has 0 aliphatic carbocycles. The summed E-state index contributed by atoms with van der Waals surface area (Å²) >= 11 is 0. The fourth-order valence-corrected chi connectivity index (χ4v) is 3.32. The highest BCUT2D eigenvalue weighted by Gasteiger charge is 2.48. The number of carbonyl (C=O) groups excluding carboxylic acids is 4. The molecule has 0 spiro atoms. The van der Waals surface area contributed by atoms with Crippen molar-refractivity contribution in [2.45, 2.75) is 77.1 Å². The summed E-state index contributed by atoms with van der Waals surface area (Å²) in [5.41, 5.74) is 3.66. The lowest BCUT2D eigenvalue weighted by Crippen LogP contribution is -2.58. The average molecular weight is 444 g/mol. The van der Waals surface area contributed by atoms with E-state index in [0.29, 0.717) is 26.0 Å². The summed E-state index contributed by atoms with van der Waals surface area (Å²) in [7, 11) is 0. The molecule has 5 amide bonds. The Balaban J connectivity index is 1.85. The maximum Gasteiger partial charge on any atom is 0.408 e. The van der Waals surface area contributed by atoms with E-state index < -0.39 is 42.2 Å². The van der Waals surface area contributed by atoms with Crippen molar-refractivity contribution in [3.63, 3.8) is 0 Å². The molecule has 2 heterocycles. The van der Waals surface area contributed by atoms with Crippen LogP contribution in [-0.2, 0) is 19.2 Å². The van der Waals surface area contributed by atoms with Gasteiger partial charge < -0.3 is 20.1 Å². The van der Waals surface area contributed by atoms with E-state index in [1.165, 1.54) is 9.96 Å². The number of fused-ring (bicyclic) bond motifs is 2. The van der Waals surface area contributed by atoms with Gasteiger partial charge in [0.15, 0.2) is 0 Å². The van der Waals surface area contributed by atoms with Gasteiger partial charge in [-0.2, -0.15) is 5.06 Å². The fraction of sp³-hybridized carbons (Fsp3) is 0.789. The van der Waals surface area contributed by atoms with E-state index in [9.17, 15) is 24.3 Å². The molecule has 0 radical (unpaired) electrons. The van der Waals surface area contributed by atoms with Crippen LogP contribution in [0.4, 0.5) is 9.59 Å². The first kappa shape index (κ1) is 24.7. The molecule has 2 aliphatic rings. The third-order valence-electron chi connectivity index (χ3n) is 4.85. The van der Waals surface area contributed by atoms with Crippen molar-refractivity contribution >= 4 is 23.9 Å². The van der Waals surface area contributed by atoms with Crippen LogP contribution in [0.3, 0.4) is 0 Å². The highest BCUT2D eigenvalue weighted by atomic mass is 16.7. The second kappa shape index (κ2) is 10.6. The van der Waals surface area contributed by atoms with E-state index in [1.54, 1.807) is 20.8 Å². The van der Waals surface area contributed by atoms with Gasteiger partial charge in [0.1, 0.15) is 17.7 Å². The molecule has 3 atom stereocenters. The molecule has 0 aromatic carbocycles. The van der Waals surface area contributed by atoms with Gasteiger partial charge >= 0.3 is 12.1 Å². The van der Waals surface area contributed by atoms with Crippen LogP contribution in [0.1, 0.15) is 53.4 Å². The number of aliphatic hydroxyl groups is 1. The van der Waals surface area contributed by atoms with Crippen LogP contribution in [0.15, 0.2) is 0 Å². The Morgan fingerprint density at radius 3 is 2.55 bits per heavy atom. The second-order valence-electron chi connectivity index (χ2n) is 8.55. The molecule has 0 saturated carbocycles. The predicted molar refractivity (Wildman–Crippen MR) is 108 cm³/mol. The number of rotatable bonds is 8. The van der Waals surface area contributed by atoms with Crippen molar-refractivity contribution in [2.24, 2.45) is 0 Å². The lowest BCUT2D eigenvalue weighted by Gasteiger charge is -2.29. The Hall–Kier alpha value is -2.60. The Morgan fingerprint density at radius 2 is 1.94 bits per heavy atom. The minimum atomic E-state index is -1.32. The number of urea groups is 1. The second-order valence-corrected chi connectivity index (χ2v) is 8.55. The van der Waals surface area contributed by atoms with Gasteiger partial charge in [-0.3, -0.25) is 25.3 Å². The summed E-state index contributed by atoms with van der Waals surface area (Å²) < 4.78 is 5.04. The van der Waals surface area contributed by atoms with Gasteiger partial charge in [0.2, 0.25) is 0 Å². The number of hydrogen-bond acceptors (Lipinski definition) is 7. The van der Waals surface area contributed by atoms with Crippen molar-refractivity contribution in [1.29, 1.82) is 0 Å². The third-order valence-corrected chi connectivity index (χ3v) is 4.85. The van der Waals surface area contributed by atoms with Crippen molar-refractivity contribution in [3.05, 3.63) is 0 Å². The number of amides is 5. The van der Waals surface area contributed by atoms with Crippen LogP contribution in [0.5, 0.6) is 0 Å². The number of aliphatic hydroxyl groups excluding tert-OH is 1. The fourth-order valence-electron chi connectivity index (χ4n) is 3.32. The molecule has 2 fully saturated rings. The lowest BCUT2D eigenvalue weighted by atomic mass is 10.0. The molecule has 176 valence electrons. The van der Waals surface area contributed by atoms with Gasteiger partial charge in [-0.25, -0.2) is 9.59 Å². The van der Waals surface area contributed by atoms with Crippen molar-refractivity contribution in [1.82, 2.24) is 26.1 Å². The highest BCUT2D eigenvalue weighted by molar-refractivity contribution is 5.91. The molecular weight excluding hydrogens is 410 g/mol. The van der Waals surface area contributed by atoms with E-state index in [0.717, 1.165) is 12.8 Å². The SMILES string of the molecule is CCCCON1C(=O)N2C[C@@H]1CC[C@H]2C(=O)NNC(=O)C(CO)NC(=O)OC(C)(C)C. The van der Waals surface area contributed by atoms with Crippen molar-refractivity contribution in [3.8, 4) is 0 Å². The third kappa shape index (κ3) is 6.69. The summed E-state index contributed by atoms with van der Waals surface area (Å²) in [6.45, 7) is 7.11. The smallest absolute Gasteiger partial charge is 0.408 e. The Kier molecular flexibility index (Phi) is 8.45. The van der Waals surface area contributed by atoms with E-state index in [1.807, 2.05) is 6.92 Å². The van der Waals surface area contributed by atoms with Gasteiger partial charge in [0.25, 0.3) is 11.8 Å². The van der Waals surface area contributed by atoms with Crippen molar-refractivity contribution in [2.75, 3.05) is 19.8 Å². The normalized spacial score (nSPS) is 21.5. The highest BCUT2D eigenvalue weighted by Crippen LogP contribution is 2.30. The van der Waals surface area contributed by atoms with Gasteiger partial charge in [-0.15, -0.1) is 0 Å². The number of hydroxylamine groups is 2. The Morgan fingerprint density at radius 1 is 1.23 bits per heavy atom. The first-order chi connectivity index (χ1) is 14.6. The van der Waals surface area contributed by atoms with E-state index in [2.05, 4.69) is 16.2 Å². The molecule has 1 unspecified atom stereocenters. The maximum atomic E-state index is 12.6. The molecule has 4 N–H and O–H groups in total. The molecule has 2 bridgehead atoms. The minimum Gasteiger partial charge on any atom is -0.444 e. The van der Waals surface area contributed by atoms with Crippen LogP contribution >= 0.6 is 0 Å². The zero-order valence-electron chi connectivity index (χ0n) is 18.5. The summed E-state index contributed by atoms with van der Waals surface area (Å²) in [4.78, 5) is 56.2. The first-order valence-corrected chi connectivity index (χ1v) is 10.5.